The molecule has 3 rings (SSSR count). The van der Waals surface area contributed by atoms with Crippen LogP contribution in [0, 0.1) is 11.3 Å². The maximum atomic E-state index is 9.17. The minimum atomic E-state index is 0.178. The first kappa shape index (κ1) is 14.6. The van der Waals surface area contributed by atoms with Gasteiger partial charge in [0.05, 0.1) is 30.7 Å². The average Bonchev–Trinajstić information content (AvgIpc) is 3.04. The molecule has 112 valence electrons. The fourth-order valence-electron chi connectivity index (χ4n) is 3.03. The van der Waals surface area contributed by atoms with Crippen molar-refractivity contribution < 1.29 is 4.74 Å². The van der Waals surface area contributed by atoms with Crippen LogP contribution in [0.25, 0.3) is 0 Å². The quantitative estimate of drug-likeness (QED) is 0.911. The van der Waals surface area contributed by atoms with E-state index < -0.39 is 0 Å². The molecule has 2 fully saturated rings. The van der Waals surface area contributed by atoms with E-state index in [9.17, 15) is 5.26 Å². The summed E-state index contributed by atoms with van der Waals surface area (Å²) in [7, 11) is 0. The van der Waals surface area contributed by atoms with Crippen molar-refractivity contribution >= 4 is 17.4 Å². The minimum Gasteiger partial charge on any atom is -0.381 e. The van der Waals surface area contributed by atoms with E-state index in [0.29, 0.717) is 5.56 Å². The molecule has 0 saturated carbocycles. The van der Waals surface area contributed by atoms with Crippen LogP contribution in [0.5, 0.6) is 0 Å². The van der Waals surface area contributed by atoms with Gasteiger partial charge in [0.1, 0.15) is 6.07 Å². The van der Waals surface area contributed by atoms with E-state index in [-0.39, 0.29) is 5.54 Å². The van der Waals surface area contributed by atoms with Gasteiger partial charge in [0.2, 0.25) is 0 Å². The van der Waals surface area contributed by atoms with Crippen LogP contribution in [0.4, 0.5) is 5.69 Å². The zero-order valence-corrected chi connectivity index (χ0v) is 12.9. The molecule has 0 spiro atoms. The Bertz CT molecular complexity index is 519. The summed E-state index contributed by atoms with van der Waals surface area (Å²) in [6.07, 6.45) is 4.59. The zero-order valence-electron chi connectivity index (χ0n) is 12.0. The first-order valence-corrected chi connectivity index (χ1v) is 8.48. The third-order valence-electron chi connectivity index (χ3n) is 4.31. The smallest absolute Gasteiger partial charge is 0.101 e. The second-order valence-electron chi connectivity index (χ2n) is 5.51. The van der Waals surface area contributed by atoms with Crippen LogP contribution in [0.1, 0.15) is 12.0 Å². The Kier molecular flexibility index (Phi) is 4.63. The molecule has 1 N–H and O–H groups in total. The van der Waals surface area contributed by atoms with Crippen LogP contribution in [-0.2, 0) is 4.74 Å². The van der Waals surface area contributed by atoms with Gasteiger partial charge in [0.15, 0.2) is 0 Å². The molecule has 1 atom stereocenters. The van der Waals surface area contributed by atoms with Crippen LogP contribution >= 0.6 is 11.8 Å². The summed E-state index contributed by atoms with van der Waals surface area (Å²) in [5.74, 6) is 2.35. The number of anilines is 1. The molecule has 2 saturated heterocycles. The zero-order chi connectivity index (χ0) is 14.5. The lowest BCUT2D eigenvalue weighted by Crippen LogP contribution is -2.57. The van der Waals surface area contributed by atoms with Crippen molar-refractivity contribution in [3.63, 3.8) is 0 Å². The number of nitrogens with one attached hydrogen (secondary N) is 1. The Hall–Kier alpha value is -1.29. The van der Waals surface area contributed by atoms with Gasteiger partial charge in [-0.2, -0.15) is 17.0 Å². The lowest BCUT2D eigenvalue weighted by molar-refractivity contribution is -0.00920. The molecule has 1 aromatic rings. The summed E-state index contributed by atoms with van der Waals surface area (Å²) in [4.78, 5) is 6.68. The number of ether oxygens (including phenoxy) is 1. The van der Waals surface area contributed by atoms with Crippen LogP contribution in [0.3, 0.4) is 0 Å². The third kappa shape index (κ3) is 3.15. The molecule has 0 aliphatic carbocycles. The number of thioether (sulfide) groups is 1. The fraction of sp³-hybridized carbons (Fsp3) is 0.600. The van der Waals surface area contributed by atoms with Gasteiger partial charge in [0.25, 0.3) is 0 Å². The Morgan fingerprint density at radius 1 is 1.48 bits per heavy atom. The number of hydrogen-bond donors (Lipinski definition) is 1. The van der Waals surface area contributed by atoms with Crippen LogP contribution in [0.2, 0.25) is 0 Å². The predicted octanol–water partition coefficient (Wildman–Crippen LogP) is 1.57. The van der Waals surface area contributed by atoms with Crippen molar-refractivity contribution in [2.45, 2.75) is 12.0 Å². The summed E-state index contributed by atoms with van der Waals surface area (Å²) in [5.41, 5.74) is 1.68. The molecule has 2 aliphatic rings. The minimum absolute atomic E-state index is 0.178. The van der Waals surface area contributed by atoms with E-state index in [0.717, 1.165) is 44.3 Å². The van der Waals surface area contributed by atoms with Crippen molar-refractivity contribution in [3.05, 3.63) is 24.0 Å². The van der Waals surface area contributed by atoms with Gasteiger partial charge in [-0.25, -0.2) is 0 Å². The second kappa shape index (κ2) is 6.65. The number of morpholine rings is 1. The highest BCUT2D eigenvalue weighted by Crippen LogP contribution is 2.34. The van der Waals surface area contributed by atoms with E-state index in [4.69, 9.17) is 4.74 Å². The summed E-state index contributed by atoms with van der Waals surface area (Å²) in [5, 5.41) is 12.6. The molecule has 1 aromatic heterocycles. The molecular formula is C15H20N4OS. The van der Waals surface area contributed by atoms with Gasteiger partial charge in [-0.1, -0.05) is 0 Å². The first-order chi connectivity index (χ1) is 10.3. The van der Waals surface area contributed by atoms with E-state index in [2.05, 4.69) is 21.3 Å². The second-order valence-corrected chi connectivity index (χ2v) is 6.62. The predicted molar refractivity (Wildman–Crippen MR) is 84.5 cm³/mol. The molecule has 1 unspecified atom stereocenters. The van der Waals surface area contributed by atoms with Crippen molar-refractivity contribution in [1.29, 1.82) is 5.26 Å². The number of pyridine rings is 1. The van der Waals surface area contributed by atoms with E-state index in [1.165, 1.54) is 12.2 Å². The highest BCUT2D eigenvalue weighted by Gasteiger charge is 2.40. The molecule has 21 heavy (non-hydrogen) atoms. The number of nitrogens with zero attached hydrogens (tertiary/aromatic N) is 3. The van der Waals surface area contributed by atoms with Gasteiger partial charge in [-0.05, 0) is 18.2 Å². The normalized spacial score (nSPS) is 26.4. The summed E-state index contributed by atoms with van der Waals surface area (Å²) >= 11 is 2.02. The highest BCUT2D eigenvalue weighted by atomic mass is 32.2. The highest BCUT2D eigenvalue weighted by molar-refractivity contribution is 7.99. The third-order valence-corrected chi connectivity index (χ3v) is 5.55. The maximum Gasteiger partial charge on any atom is 0.101 e. The monoisotopic (exact) mass is 304 g/mol. The molecule has 0 radical (unpaired) electrons. The molecule has 0 bridgehead atoms. The lowest BCUT2D eigenvalue weighted by atomic mass is 9.95. The van der Waals surface area contributed by atoms with Crippen molar-refractivity contribution in [2.75, 3.05) is 49.7 Å². The molecule has 6 heteroatoms. The van der Waals surface area contributed by atoms with Gasteiger partial charge in [0, 0.05) is 37.1 Å². The van der Waals surface area contributed by atoms with Gasteiger partial charge >= 0.3 is 0 Å². The Morgan fingerprint density at radius 2 is 2.33 bits per heavy atom. The van der Waals surface area contributed by atoms with Crippen LogP contribution < -0.4 is 5.32 Å². The maximum absolute atomic E-state index is 9.17. The summed E-state index contributed by atoms with van der Waals surface area (Å²) in [6, 6.07) is 3.98. The first-order valence-electron chi connectivity index (χ1n) is 7.33. The van der Waals surface area contributed by atoms with Crippen molar-refractivity contribution in [1.82, 2.24) is 9.88 Å². The number of nitriles is 1. The molecule has 2 aliphatic heterocycles. The SMILES string of the molecule is N#Cc1ccncc1NCC1(N2CCOCC2)CCSC1. The summed E-state index contributed by atoms with van der Waals surface area (Å²) < 4.78 is 5.48. The van der Waals surface area contributed by atoms with E-state index >= 15 is 0 Å². The fourth-order valence-corrected chi connectivity index (χ4v) is 4.50. The largest absolute Gasteiger partial charge is 0.381 e. The average molecular weight is 304 g/mol. The van der Waals surface area contributed by atoms with Crippen LogP contribution in [-0.4, -0.2) is 59.8 Å². The van der Waals surface area contributed by atoms with E-state index in [1.807, 2.05) is 11.8 Å². The molecule has 5 nitrogen and oxygen atoms in total. The lowest BCUT2D eigenvalue weighted by Gasteiger charge is -2.43. The number of aromatic nitrogens is 1. The topological polar surface area (TPSA) is 61.2 Å². The van der Waals surface area contributed by atoms with Crippen molar-refractivity contribution in [2.24, 2.45) is 0 Å². The van der Waals surface area contributed by atoms with Crippen LogP contribution in [0.15, 0.2) is 18.5 Å². The molecule has 0 amide bonds. The van der Waals surface area contributed by atoms with Crippen molar-refractivity contribution in [3.8, 4) is 6.07 Å². The number of rotatable bonds is 4. The van der Waals surface area contributed by atoms with Gasteiger partial charge in [-0.3, -0.25) is 9.88 Å². The molecule has 3 heterocycles. The van der Waals surface area contributed by atoms with Gasteiger partial charge < -0.3 is 10.1 Å². The number of hydrogen-bond acceptors (Lipinski definition) is 6. The Labute approximate surface area is 129 Å². The standard InChI is InChI=1S/C15H20N4OS/c16-9-13-1-3-17-10-14(13)18-11-15(2-8-21-12-15)19-4-6-20-7-5-19/h1,3,10,18H,2,4-8,11-12H2. The molecule has 0 aromatic carbocycles. The Balaban J connectivity index is 1.72. The summed E-state index contributed by atoms with van der Waals surface area (Å²) in [6.45, 7) is 4.51. The Morgan fingerprint density at radius 3 is 3.05 bits per heavy atom. The van der Waals surface area contributed by atoms with Gasteiger partial charge in [-0.15, -0.1) is 0 Å². The molecular weight excluding hydrogens is 284 g/mol. The van der Waals surface area contributed by atoms with E-state index in [1.54, 1.807) is 18.5 Å².